The van der Waals surface area contributed by atoms with Crippen molar-refractivity contribution in [2.24, 2.45) is 5.73 Å². The Balaban J connectivity index is 1.69. The smallest absolute Gasteiger partial charge is 0.336 e. The van der Waals surface area contributed by atoms with Gasteiger partial charge in [-0.25, -0.2) is 9.48 Å². The number of nitrogens with one attached hydrogen (secondary N) is 1. The molecular weight excluding hydrogens is 364 g/mol. The van der Waals surface area contributed by atoms with E-state index < -0.39 is 5.97 Å². The fourth-order valence-electron chi connectivity index (χ4n) is 4.09. The molecule has 150 valence electrons. The molecular formula is C23H26N4O2. The zero-order chi connectivity index (χ0) is 20.2. The average molecular weight is 390 g/mol. The average Bonchev–Trinajstić information content (AvgIpc) is 3.42. The summed E-state index contributed by atoms with van der Waals surface area (Å²) in [6.45, 7) is 0.832. The van der Waals surface area contributed by atoms with Crippen molar-refractivity contribution >= 4 is 11.8 Å². The molecule has 1 saturated carbocycles. The second kappa shape index (κ2) is 8.49. The molecule has 29 heavy (non-hydrogen) atoms. The lowest BCUT2D eigenvalue weighted by atomic mass is 10.0. The summed E-state index contributed by atoms with van der Waals surface area (Å²) in [4.78, 5) is 11.5. The number of rotatable bonds is 7. The molecule has 3 aromatic rings. The molecule has 0 aliphatic heterocycles. The molecule has 4 rings (SSSR count). The van der Waals surface area contributed by atoms with Crippen molar-refractivity contribution in [3.8, 4) is 5.69 Å². The van der Waals surface area contributed by atoms with Gasteiger partial charge in [0.2, 0.25) is 0 Å². The summed E-state index contributed by atoms with van der Waals surface area (Å²) in [5, 5.41) is 17.8. The van der Waals surface area contributed by atoms with Gasteiger partial charge in [-0.05, 0) is 36.1 Å². The van der Waals surface area contributed by atoms with Crippen LogP contribution >= 0.6 is 0 Å². The lowest BCUT2D eigenvalue weighted by Crippen LogP contribution is -2.12. The van der Waals surface area contributed by atoms with Crippen molar-refractivity contribution in [3.63, 3.8) is 0 Å². The topological polar surface area (TPSA) is 93.2 Å². The fraction of sp³-hybridized carbons (Fsp3) is 0.304. The first-order valence-corrected chi connectivity index (χ1v) is 10.1. The highest BCUT2D eigenvalue weighted by Crippen LogP contribution is 2.35. The van der Waals surface area contributed by atoms with Crippen LogP contribution in [0.4, 0.5) is 5.82 Å². The predicted molar refractivity (Wildman–Crippen MR) is 113 cm³/mol. The van der Waals surface area contributed by atoms with Gasteiger partial charge in [0.15, 0.2) is 0 Å². The lowest BCUT2D eigenvalue weighted by molar-refractivity contribution is 0.0696. The molecule has 1 aliphatic rings. The number of aromatic nitrogens is 2. The van der Waals surface area contributed by atoms with E-state index >= 15 is 0 Å². The minimum Gasteiger partial charge on any atom is -0.478 e. The molecule has 6 heteroatoms. The summed E-state index contributed by atoms with van der Waals surface area (Å²) in [5.41, 5.74) is 10.1. The highest BCUT2D eigenvalue weighted by Gasteiger charge is 2.22. The Morgan fingerprint density at radius 3 is 2.52 bits per heavy atom. The molecule has 0 atom stereocenters. The molecule has 6 nitrogen and oxygen atoms in total. The molecule has 0 saturated heterocycles. The van der Waals surface area contributed by atoms with Crippen molar-refractivity contribution < 1.29 is 9.90 Å². The number of carboxylic acid groups (broad SMARTS) is 1. The van der Waals surface area contributed by atoms with Crippen LogP contribution in [0.2, 0.25) is 0 Å². The third kappa shape index (κ3) is 4.03. The number of nitrogens with zero attached hydrogens (tertiary/aromatic N) is 2. The number of hydrogen-bond acceptors (Lipinski definition) is 4. The number of carboxylic acids is 1. The quantitative estimate of drug-likeness (QED) is 0.559. The van der Waals surface area contributed by atoms with E-state index in [1.807, 2.05) is 41.1 Å². The molecule has 0 bridgehead atoms. The summed E-state index contributed by atoms with van der Waals surface area (Å²) < 4.78 is 1.92. The molecule has 1 fully saturated rings. The van der Waals surface area contributed by atoms with Crippen LogP contribution in [0.5, 0.6) is 0 Å². The number of aromatic carboxylic acids is 1. The molecule has 0 amide bonds. The maximum absolute atomic E-state index is 11.5. The molecule has 2 aromatic carbocycles. The van der Waals surface area contributed by atoms with E-state index in [1.54, 1.807) is 12.1 Å². The normalized spacial score (nSPS) is 14.2. The number of carbonyl (C=O) groups is 1. The van der Waals surface area contributed by atoms with E-state index in [0.717, 1.165) is 41.2 Å². The van der Waals surface area contributed by atoms with E-state index in [9.17, 15) is 9.90 Å². The van der Waals surface area contributed by atoms with Crippen LogP contribution in [-0.4, -0.2) is 20.9 Å². The summed E-state index contributed by atoms with van der Waals surface area (Å²) in [7, 11) is 0. The largest absolute Gasteiger partial charge is 0.478 e. The van der Waals surface area contributed by atoms with Crippen LogP contribution < -0.4 is 11.1 Å². The first-order chi connectivity index (χ1) is 14.2. The fourth-order valence-corrected chi connectivity index (χ4v) is 4.09. The zero-order valence-electron chi connectivity index (χ0n) is 16.3. The van der Waals surface area contributed by atoms with E-state index in [-0.39, 0.29) is 0 Å². The van der Waals surface area contributed by atoms with Gasteiger partial charge in [0.05, 0.1) is 16.9 Å². The Hall–Kier alpha value is -3.12. The van der Waals surface area contributed by atoms with Crippen molar-refractivity contribution in [2.45, 2.75) is 44.7 Å². The van der Waals surface area contributed by atoms with Gasteiger partial charge in [0.25, 0.3) is 0 Å². The van der Waals surface area contributed by atoms with E-state index in [4.69, 9.17) is 10.8 Å². The van der Waals surface area contributed by atoms with Crippen LogP contribution in [0.3, 0.4) is 0 Å². The number of benzene rings is 2. The number of anilines is 1. The Bertz CT molecular complexity index is 1010. The van der Waals surface area contributed by atoms with Gasteiger partial charge < -0.3 is 16.2 Å². The first-order valence-electron chi connectivity index (χ1n) is 10.1. The third-order valence-electron chi connectivity index (χ3n) is 5.65. The highest BCUT2D eigenvalue weighted by molar-refractivity contribution is 5.89. The van der Waals surface area contributed by atoms with Gasteiger partial charge in [-0.1, -0.05) is 49.2 Å². The Morgan fingerprint density at radius 2 is 1.79 bits per heavy atom. The Morgan fingerprint density at radius 1 is 1.10 bits per heavy atom. The van der Waals surface area contributed by atoms with Crippen LogP contribution in [0, 0.1) is 0 Å². The van der Waals surface area contributed by atoms with Gasteiger partial charge in [-0.3, -0.25) is 0 Å². The minimum absolute atomic E-state index is 0.310. The molecule has 4 N–H and O–H groups in total. The van der Waals surface area contributed by atoms with Gasteiger partial charge in [0.1, 0.15) is 5.82 Å². The van der Waals surface area contributed by atoms with Crippen LogP contribution in [0.1, 0.15) is 58.8 Å². The van der Waals surface area contributed by atoms with Crippen LogP contribution in [-0.2, 0) is 13.1 Å². The maximum atomic E-state index is 11.5. The third-order valence-corrected chi connectivity index (χ3v) is 5.65. The van der Waals surface area contributed by atoms with E-state index in [0.29, 0.717) is 24.6 Å². The van der Waals surface area contributed by atoms with Crippen molar-refractivity contribution in [3.05, 3.63) is 77.0 Å². The molecule has 1 aromatic heterocycles. The zero-order valence-corrected chi connectivity index (χ0v) is 16.3. The second-order valence-electron chi connectivity index (χ2n) is 7.50. The standard InChI is InChI=1S/C23H26N4O2/c24-14-17-9-4-6-12-21(17)27-22(13-20(26-27)16-7-1-2-8-16)25-15-18-10-3-5-11-19(18)23(28)29/h3-6,9-13,16,25H,1-2,7-8,14-15,24H2,(H,28,29). The van der Waals surface area contributed by atoms with Crippen molar-refractivity contribution in [2.75, 3.05) is 5.32 Å². The molecule has 0 radical (unpaired) electrons. The molecule has 1 heterocycles. The minimum atomic E-state index is -0.920. The monoisotopic (exact) mass is 390 g/mol. The summed E-state index contributed by atoms with van der Waals surface area (Å²) in [5.74, 6) is 0.414. The lowest BCUT2D eigenvalue weighted by Gasteiger charge is -2.13. The van der Waals surface area contributed by atoms with Gasteiger partial charge in [-0.15, -0.1) is 0 Å². The van der Waals surface area contributed by atoms with Crippen LogP contribution in [0.15, 0.2) is 54.6 Å². The van der Waals surface area contributed by atoms with Crippen molar-refractivity contribution in [1.29, 1.82) is 0 Å². The van der Waals surface area contributed by atoms with Gasteiger partial charge in [-0.2, -0.15) is 5.10 Å². The molecule has 1 aliphatic carbocycles. The molecule has 0 unspecified atom stereocenters. The van der Waals surface area contributed by atoms with E-state index in [1.165, 1.54) is 12.8 Å². The Labute approximate surface area is 170 Å². The summed E-state index contributed by atoms with van der Waals surface area (Å²) >= 11 is 0. The molecule has 0 spiro atoms. The number of para-hydroxylation sites is 1. The van der Waals surface area contributed by atoms with E-state index in [2.05, 4.69) is 11.4 Å². The predicted octanol–water partition coefficient (Wildman–Crippen LogP) is 4.30. The Kier molecular flexibility index (Phi) is 5.62. The SMILES string of the molecule is NCc1ccccc1-n1nc(C2CCCC2)cc1NCc1ccccc1C(=O)O. The second-order valence-corrected chi connectivity index (χ2v) is 7.50. The summed E-state index contributed by atoms with van der Waals surface area (Å²) in [6, 6.07) is 17.2. The maximum Gasteiger partial charge on any atom is 0.336 e. The number of nitrogens with two attached hydrogens (primary N) is 1. The summed E-state index contributed by atoms with van der Waals surface area (Å²) in [6.07, 6.45) is 4.81. The van der Waals surface area contributed by atoms with Gasteiger partial charge >= 0.3 is 5.97 Å². The highest BCUT2D eigenvalue weighted by atomic mass is 16.4. The first kappa shape index (κ1) is 19.2. The van der Waals surface area contributed by atoms with Crippen molar-refractivity contribution in [1.82, 2.24) is 9.78 Å². The van der Waals surface area contributed by atoms with Gasteiger partial charge in [0, 0.05) is 25.1 Å². The van der Waals surface area contributed by atoms with Crippen LogP contribution in [0.25, 0.3) is 5.69 Å². The number of hydrogen-bond donors (Lipinski definition) is 3.